The molecule has 0 aliphatic carbocycles. The van der Waals surface area contributed by atoms with Crippen molar-refractivity contribution >= 4 is 30.7 Å². The highest BCUT2D eigenvalue weighted by Crippen LogP contribution is 1.98. The van der Waals surface area contributed by atoms with Gasteiger partial charge in [0.1, 0.15) is 0 Å². The van der Waals surface area contributed by atoms with E-state index in [1.165, 1.54) is 0 Å². The molecule has 0 bridgehead atoms. The summed E-state index contributed by atoms with van der Waals surface area (Å²) in [5.41, 5.74) is 5.32. The van der Waals surface area contributed by atoms with Gasteiger partial charge in [-0.3, -0.25) is 4.79 Å². The lowest BCUT2D eigenvalue weighted by Gasteiger charge is -2.23. The Morgan fingerprint density at radius 2 is 2.00 bits per heavy atom. The van der Waals surface area contributed by atoms with E-state index < -0.39 is 0 Å². The summed E-state index contributed by atoms with van der Waals surface area (Å²) in [5, 5.41) is 2.89. The maximum atomic E-state index is 11.2. The first kappa shape index (κ1) is 22.2. The number of carbonyl (C=O) groups excluding carboxylic acids is 1. The lowest BCUT2D eigenvalue weighted by molar-refractivity contribution is -0.121. The van der Waals surface area contributed by atoms with Crippen LogP contribution in [0.25, 0.3) is 0 Å². The average Bonchev–Trinajstić information content (AvgIpc) is 2.24. The smallest absolute Gasteiger partial charge is 0.220 e. The Kier molecular flexibility index (Phi) is 18.3. The first-order valence-electron chi connectivity index (χ1n) is 5.78. The molecule has 0 fully saturated rings. The topological polar surface area (TPSA) is 58.4 Å². The number of carbonyl (C=O) groups is 1. The van der Waals surface area contributed by atoms with Gasteiger partial charge in [0.05, 0.1) is 0 Å². The predicted octanol–water partition coefficient (Wildman–Crippen LogP) is 1.42. The highest BCUT2D eigenvalue weighted by Gasteiger charge is 2.06. The summed E-state index contributed by atoms with van der Waals surface area (Å²) < 4.78 is 0. The van der Waals surface area contributed by atoms with E-state index in [9.17, 15) is 4.79 Å². The molecule has 0 aromatic carbocycles. The summed E-state index contributed by atoms with van der Waals surface area (Å²) in [7, 11) is 2.08. The molecular weight excluding hydrogens is 261 g/mol. The summed E-state index contributed by atoms with van der Waals surface area (Å²) in [6.45, 7) is 6.57. The first-order valence-corrected chi connectivity index (χ1v) is 5.78. The first-order chi connectivity index (χ1) is 7.11. The molecule has 0 rings (SSSR count). The normalized spacial score (nSPS) is 11.4. The van der Waals surface area contributed by atoms with Crippen LogP contribution in [0.3, 0.4) is 0 Å². The number of likely N-dealkylation sites (N-methyl/N-ethyl adjacent to an activating group) is 1. The van der Waals surface area contributed by atoms with Crippen molar-refractivity contribution < 1.29 is 4.79 Å². The van der Waals surface area contributed by atoms with Crippen LogP contribution in [-0.4, -0.2) is 43.5 Å². The maximum Gasteiger partial charge on any atom is 0.220 e. The van der Waals surface area contributed by atoms with Crippen LogP contribution in [0.1, 0.15) is 33.1 Å². The minimum atomic E-state index is 0. The molecule has 3 N–H and O–H groups in total. The number of amides is 1. The van der Waals surface area contributed by atoms with Gasteiger partial charge in [0.15, 0.2) is 0 Å². The van der Waals surface area contributed by atoms with Gasteiger partial charge in [-0.25, -0.2) is 0 Å². The Balaban J connectivity index is -0.000000980. The largest absolute Gasteiger partial charge is 0.355 e. The Labute approximate surface area is 118 Å². The standard InChI is InChI=1S/C11H25N3O.2ClH/c1-4-10(2)14(3)9-8-13-11(15)6-5-7-12;;/h10H,4-9,12H2,1-3H3,(H,13,15);2*1H. The van der Waals surface area contributed by atoms with Gasteiger partial charge in [0.25, 0.3) is 0 Å². The fourth-order valence-corrected chi connectivity index (χ4v) is 1.25. The number of halogens is 2. The van der Waals surface area contributed by atoms with E-state index in [0.29, 0.717) is 19.0 Å². The van der Waals surface area contributed by atoms with Gasteiger partial charge in [-0.2, -0.15) is 0 Å². The van der Waals surface area contributed by atoms with Crippen molar-refractivity contribution in [3.05, 3.63) is 0 Å². The van der Waals surface area contributed by atoms with Crippen molar-refractivity contribution in [3.63, 3.8) is 0 Å². The second-order valence-electron chi connectivity index (χ2n) is 3.98. The molecule has 4 nitrogen and oxygen atoms in total. The molecule has 0 radical (unpaired) electrons. The maximum absolute atomic E-state index is 11.2. The van der Waals surface area contributed by atoms with Crippen molar-refractivity contribution in [1.29, 1.82) is 0 Å². The van der Waals surface area contributed by atoms with E-state index in [4.69, 9.17) is 5.73 Å². The van der Waals surface area contributed by atoms with Gasteiger partial charge >= 0.3 is 0 Å². The SMILES string of the molecule is CCC(C)N(C)CCNC(=O)CCCN.Cl.Cl. The Morgan fingerprint density at radius 3 is 2.47 bits per heavy atom. The molecule has 0 aliphatic heterocycles. The van der Waals surface area contributed by atoms with Crippen molar-refractivity contribution in [2.24, 2.45) is 5.73 Å². The van der Waals surface area contributed by atoms with E-state index >= 15 is 0 Å². The molecule has 1 atom stereocenters. The third-order valence-electron chi connectivity index (χ3n) is 2.74. The van der Waals surface area contributed by atoms with Crippen molar-refractivity contribution in [2.45, 2.75) is 39.2 Å². The number of hydrogen-bond donors (Lipinski definition) is 2. The third kappa shape index (κ3) is 12.2. The van der Waals surface area contributed by atoms with Gasteiger partial charge in [0.2, 0.25) is 5.91 Å². The predicted molar refractivity (Wildman–Crippen MR) is 78.2 cm³/mol. The van der Waals surface area contributed by atoms with Gasteiger partial charge in [-0.1, -0.05) is 6.92 Å². The van der Waals surface area contributed by atoms with Crippen LogP contribution >= 0.6 is 24.8 Å². The fraction of sp³-hybridized carbons (Fsp3) is 0.909. The summed E-state index contributed by atoms with van der Waals surface area (Å²) >= 11 is 0. The highest BCUT2D eigenvalue weighted by atomic mass is 35.5. The molecule has 0 aromatic heterocycles. The van der Waals surface area contributed by atoms with Crippen LogP contribution in [0.4, 0.5) is 0 Å². The molecule has 0 heterocycles. The average molecular weight is 288 g/mol. The Morgan fingerprint density at radius 1 is 1.41 bits per heavy atom. The fourth-order valence-electron chi connectivity index (χ4n) is 1.25. The second-order valence-corrected chi connectivity index (χ2v) is 3.98. The van der Waals surface area contributed by atoms with Crippen LogP contribution in [-0.2, 0) is 4.79 Å². The monoisotopic (exact) mass is 287 g/mol. The van der Waals surface area contributed by atoms with Crippen LogP contribution < -0.4 is 11.1 Å². The molecule has 0 aliphatic rings. The molecule has 0 spiro atoms. The Hall–Kier alpha value is -0.0300. The van der Waals surface area contributed by atoms with Crippen molar-refractivity contribution in [2.75, 3.05) is 26.7 Å². The number of nitrogens with two attached hydrogens (primary N) is 1. The summed E-state index contributed by atoms with van der Waals surface area (Å²) in [6, 6.07) is 0.575. The van der Waals surface area contributed by atoms with E-state index in [2.05, 4.69) is 31.1 Å². The van der Waals surface area contributed by atoms with Crippen LogP contribution in [0.2, 0.25) is 0 Å². The van der Waals surface area contributed by atoms with Crippen LogP contribution in [0, 0.1) is 0 Å². The Bertz CT molecular complexity index is 182. The van der Waals surface area contributed by atoms with Crippen LogP contribution in [0.15, 0.2) is 0 Å². The summed E-state index contributed by atoms with van der Waals surface area (Å²) in [5.74, 6) is 0.109. The van der Waals surface area contributed by atoms with E-state index in [0.717, 1.165) is 25.9 Å². The van der Waals surface area contributed by atoms with Gasteiger partial charge in [0, 0.05) is 25.6 Å². The lowest BCUT2D eigenvalue weighted by atomic mass is 10.2. The van der Waals surface area contributed by atoms with Crippen LogP contribution in [0.5, 0.6) is 0 Å². The molecule has 0 saturated heterocycles. The highest BCUT2D eigenvalue weighted by molar-refractivity contribution is 5.85. The second kappa shape index (κ2) is 14.0. The molecule has 1 amide bonds. The van der Waals surface area contributed by atoms with Gasteiger partial charge in [-0.05, 0) is 33.4 Å². The zero-order valence-electron chi connectivity index (χ0n) is 11.1. The molecular formula is C11H27Cl2N3O. The minimum Gasteiger partial charge on any atom is -0.355 e. The van der Waals surface area contributed by atoms with E-state index in [1.54, 1.807) is 0 Å². The zero-order chi connectivity index (χ0) is 11.7. The molecule has 1 unspecified atom stereocenters. The zero-order valence-corrected chi connectivity index (χ0v) is 12.7. The van der Waals surface area contributed by atoms with Crippen molar-refractivity contribution in [3.8, 4) is 0 Å². The quantitative estimate of drug-likeness (QED) is 0.710. The molecule has 0 aromatic rings. The summed E-state index contributed by atoms with van der Waals surface area (Å²) in [4.78, 5) is 13.5. The van der Waals surface area contributed by atoms with Gasteiger partial charge < -0.3 is 16.0 Å². The molecule has 106 valence electrons. The summed E-state index contributed by atoms with van der Waals surface area (Å²) in [6.07, 6.45) is 2.45. The molecule has 0 saturated carbocycles. The van der Waals surface area contributed by atoms with E-state index in [1.807, 2.05) is 0 Å². The molecule has 17 heavy (non-hydrogen) atoms. The number of rotatable bonds is 8. The lowest BCUT2D eigenvalue weighted by Crippen LogP contribution is -2.37. The number of nitrogens with one attached hydrogen (secondary N) is 1. The molecule has 6 heteroatoms. The minimum absolute atomic E-state index is 0. The number of hydrogen-bond acceptors (Lipinski definition) is 3. The van der Waals surface area contributed by atoms with Crippen molar-refractivity contribution in [1.82, 2.24) is 10.2 Å². The van der Waals surface area contributed by atoms with E-state index in [-0.39, 0.29) is 30.7 Å². The van der Waals surface area contributed by atoms with Gasteiger partial charge in [-0.15, -0.1) is 24.8 Å². The third-order valence-corrected chi connectivity index (χ3v) is 2.74. The number of nitrogens with zero attached hydrogens (tertiary/aromatic N) is 1.